The highest BCUT2D eigenvalue weighted by Crippen LogP contribution is 2.07. The molecule has 74 valence electrons. The molecule has 0 radical (unpaired) electrons. The van der Waals surface area contributed by atoms with Gasteiger partial charge in [0.2, 0.25) is 0 Å². The number of hydrogen-bond donors (Lipinski definition) is 2. The highest BCUT2D eigenvalue weighted by molar-refractivity contribution is 5.35. The Labute approximate surface area is 84.2 Å². The molecule has 1 rings (SSSR count). The molecule has 2 N–H and O–H groups in total. The van der Waals surface area contributed by atoms with E-state index in [0.717, 1.165) is 5.56 Å². The van der Waals surface area contributed by atoms with Gasteiger partial charge in [-0.3, -0.25) is 0 Å². The van der Waals surface area contributed by atoms with Gasteiger partial charge in [-0.05, 0) is 26.0 Å². The maximum Gasteiger partial charge on any atom is 0.148 e. The molecule has 0 bridgehead atoms. The molecule has 0 aliphatic rings. The van der Waals surface area contributed by atoms with Gasteiger partial charge in [-0.15, -0.1) is 0 Å². The Balaban J connectivity index is 2.83. The molecule has 0 aliphatic heterocycles. The maximum atomic E-state index is 9.63. The number of aliphatic hydroxyl groups excluding tert-OH is 1. The highest BCUT2D eigenvalue weighted by Gasteiger charge is 2.23. The molecule has 0 saturated carbocycles. The summed E-state index contributed by atoms with van der Waals surface area (Å²) in [6.45, 7) is 3.01. The van der Waals surface area contributed by atoms with E-state index in [4.69, 9.17) is 0 Å². The third-order valence-electron chi connectivity index (χ3n) is 2.05. The average molecular weight is 190 g/mol. The van der Waals surface area contributed by atoms with E-state index in [9.17, 15) is 10.2 Å². The second-order valence-corrected chi connectivity index (χ2v) is 3.44. The van der Waals surface area contributed by atoms with Crippen molar-refractivity contribution in [3.63, 3.8) is 0 Å². The zero-order valence-electron chi connectivity index (χ0n) is 8.36. The number of aliphatic hydroxyl groups is 2. The molecule has 2 nitrogen and oxygen atoms in total. The van der Waals surface area contributed by atoms with E-state index < -0.39 is 11.7 Å². The molecule has 1 aromatic carbocycles. The van der Waals surface area contributed by atoms with Crippen LogP contribution in [0.1, 0.15) is 19.4 Å². The molecule has 0 unspecified atom stereocenters. The second-order valence-electron chi connectivity index (χ2n) is 3.44. The minimum Gasteiger partial charge on any atom is -0.389 e. The van der Waals surface area contributed by atoms with Crippen molar-refractivity contribution in [1.29, 1.82) is 0 Å². The van der Waals surface area contributed by atoms with E-state index in [1.165, 1.54) is 13.8 Å². The van der Waals surface area contributed by atoms with Gasteiger partial charge >= 0.3 is 0 Å². The summed E-state index contributed by atoms with van der Waals surface area (Å²) in [4.78, 5) is 0. The van der Waals surface area contributed by atoms with Crippen molar-refractivity contribution in [3.05, 3.63) is 35.9 Å². The van der Waals surface area contributed by atoms with Gasteiger partial charge in [0.1, 0.15) is 5.60 Å². The predicted molar refractivity (Wildman–Crippen MR) is 55.6 cm³/mol. The molecule has 0 amide bonds. The molecular formula is C12H14O2. The summed E-state index contributed by atoms with van der Waals surface area (Å²) < 4.78 is 0. The summed E-state index contributed by atoms with van der Waals surface area (Å²) in [6.07, 6.45) is -0.862. The molecule has 0 spiro atoms. The van der Waals surface area contributed by atoms with Gasteiger partial charge in [-0.2, -0.15) is 0 Å². The van der Waals surface area contributed by atoms with Crippen molar-refractivity contribution in [2.75, 3.05) is 0 Å². The van der Waals surface area contributed by atoms with Crippen LogP contribution in [0, 0.1) is 11.8 Å². The Hall–Kier alpha value is -1.30. The first-order chi connectivity index (χ1) is 6.52. The first kappa shape index (κ1) is 10.8. The van der Waals surface area contributed by atoms with Crippen LogP contribution in [-0.4, -0.2) is 21.9 Å². The van der Waals surface area contributed by atoms with Gasteiger partial charge in [0.15, 0.2) is 0 Å². The van der Waals surface area contributed by atoms with Crippen LogP contribution < -0.4 is 0 Å². The summed E-state index contributed by atoms with van der Waals surface area (Å²) in [6, 6.07) is 9.36. The largest absolute Gasteiger partial charge is 0.389 e. The summed E-state index contributed by atoms with van der Waals surface area (Å²) in [5.41, 5.74) is -0.524. The lowest BCUT2D eigenvalue weighted by Crippen LogP contribution is -2.35. The topological polar surface area (TPSA) is 40.5 Å². The Morgan fingerprint density at radius 3 is 2.36 bits per heavy atom. The quantitative estimate of drug-likeness (QED) is 0.653. The standard InChI is InChI=1S/C12H14O2/c1-10(13)12(2,14)9-8-11-6-4-3-5-7-11/h3-7,10,13-14H,1-2H3/t10-,12+/m0/s1. The average Bonchev–Trinajstić information content (AvgIpc) is 2.16. The van der Waals surface area contributed by atoms with Gasteiger partial charge in [0.25, 0.3) is 0 Å². The van der Waals surface area contributed by atoms with Crippen LogP contribution in [0.4, 0.5) is 0 Å². The van der Waals surface area contributed by atoms with E-state index in [-0.39, 0.29) is 0 Å². The molecule has 2 heteroatoms. The summed E-state index contributed by atoms with van der Waals surface area (Å²) in [5, 5.41) is 18.8. The van der Waals surface area contributed by atoms with Gasteiger partial charge in [0.05, 0.1) is 6.10 Å². The van der Waals surface area contributed by atoms with Crippen LogP contribution in [0.15, 0.2) is 30.3 Å². The van der Waals surface area contributed by atoms with Crippen molar-refractivity contribution in [1.82, 2.24) is 0 Å². The highest BCUT2D eigenvalue weighted by atomic mass is 16.3. The predicted octanol–water partition coefficient (Wildman–Crippen LogP) is 1.17. The van der Waals surface area contributed by atoms with Crippen LogP contribution in [0.3, 0.4) is 0 Å². The van der Waals surface area contributed by atoms with E-state index in [0.29, 0.717) is 0 Å². The molecule has 14 heavy (non-hydrogen) atoms. The van der Waals surface area contributed by atoms with E-state index >= 15 is 0 Å². The van der Waals surface area contributed by atoms with Crippen LogP contribution in [0.5, 0.6) is 0 Å². The van der Waals surface area contributed by atoms with Gasteiger partial charge in [0, 0.05) is 5.56 Å². The molecule has 1 aromatic rings. The summed E-state index contributed by atoms with van der Waals surface area (Å²) >= 11 is 0. The molecule has 0 aliphatic carbocycles. The van der Waals surface area contributed by atoms with Gasteiger partial charge in [-0.25, -0.2) is 0 Å². The van der Waals surface area contributed by atoms with Crippen LogP contribution in [0.2, 0.25) is 0 Å². The molecule has 2 atom stereocenters. The number of rotatable bonds is 1. The zero-order chi connectivity index (χ0) is 10.6. The first-order valence-electron chi connectivity index (χ1n) is 4.51. The van der Waals surface area contributed by atoms with E-state index in [1.807, 2.05) is 30.3 Å². The lowest BCUT2D eigenvalue weighted by molar-refractivity contribution is -0.00786. The van der Waals surface area contributed by atoms with Crippen LogP contribution in [0.25, 0.3) is 0 Å². The SMILES string of the molecule is C[C@H](O)[C@](C)(O)C#Cc1ccccc1. The fourth-order valence-corrected chi connectivity index (χ4v) is 0.825. The minimum absolute atomic E-state index is 0.827. The monoisotopic (exact) mass is 190 g/mol. The summed E-state index contributed by atoms with van der Waals surface area (Å²) in [5.74, 6) is 5.44. The molecule has 0 fully saturated rings. The Morgan fingerprint density at radius 1 is 1.29 bits per heavy atom. The van der Waals surface area contributed by atoms with Crippen molar-refractivity contribution < 1.29 is 10.2 Å². The van der Waals surface area contributed by atoms with Crippen molar-refractivity contribution in [3.8, 4) is 11.8 Å². The Morgan fingerprint density at radius 2 is 1.86 bits per heavy atom. The van der Waals surface area contributed by atoms with Gasteiger partial charge < -0.3 is 10.2 Å². The lowest BCUT2D eigenvalue weighted by Gasteiger charge is -2.19. The first-order valence-corrected chi connectivity index (χ1v) is 4.51. The second kappa shape index (κ2) is 4.28. The summed E-state index contributed by atoms with van der Waals surface area (Å²) in [7, 11) is 0. The molecular weight excluding hydrogens is 176 g/mol. The van der Waals surface area contributed by atoms with Crippen molar-refractivity contribution >= 4 is 0 Å². The third-order valence-corrected chi connectivity index (χ3v) is 2.05. The normalized spacial score (nSPS) is 16.3. The number of benzene rings is 1. The van der Waals surface area contributed by atoms with E-state index in [2.05, 4.69) is 11.8 Å². The van der Waals surface area contributed by atoms with Gasteiger partial charge in [-0.1, -0.05) is 30.0 Å². The molecule has 0 saturated heterocycles. The molecule has 0 heterocycles. The smallest absolute Gasteiger partial charge is 0.148 e. The molecule has 0 aromatic heterocycles. The lowest BCUT2D eigenvalue weighted by atomic mass is 10.0. The minimum atomic E-state index is -1.35. The number of hydrogen-bond acceptors (Lipinski definition) is 2. The van der Waals surface area contributed by atoms with Crippen molar-refractivity contribution in [2.24, 2.45) is 0 Å². The fourth-order valence-electron chi connectivity index (χ4n) is 0.825. The Kier molecular flexibility index (Phi) is 3.29. The van der Waals surface area contributed by atoms with Crippen molar-refractivity contribution in [2.45, 2.75) is 25.6 Å². The Bertz CT molecular complexity index is 342. The fraction of sp³-hybridized carbons (Fsp3) is 0.333. The maximum absolute atomic E-state index is 9.63. The van der Waals surface area contributed by atoms with E-state index in [1.54, 1.807) is 0 Å². The van der Waals surface area contributed by atoms with Crippen LogP contribution in [-0.2, 0) is 0 Å². The zero-order valence-corrected chi connectivity index (χ0v) is 8.36. The third kappa shape index (κ3) is 2.88. The van der Waals surface area contributed by atoms with Crippen LogP contribution >= 0.6 is 0 Å².